The third-order valence-electron chi connectivity index (χ3n) is 5.81. The summed E-state index contributed by atoms with van der Waals surface area (Å²) >= 11 is 0. The molecule has 1 fully saturated rings. The summed E-state index contributed by atoms with van der Waals surface area (Å²) in [5, 5.41) is 10.4. The van der Waals surface area contributed by atoms with Crippen LogP contribution in [0.25, 0.3) is 0 Å². The molecule has 1 aromatic carbocycles. The highest BCUT2D eigenvalue weighted by Crippen LogP contribution is 2.39. The van der Waals surface area contributed by atoms with E-state index < -0.39 is 16.1 Å². The smallest absolute Gasteiger partial charge is 0.231 e. The topological polar surface area (TPSA) is 70.1 Å². The number of aliphatic hydroxyl groups is 1. The van der Waals surface area contributed by atoms with Gasteiger partial charge in [-0.3, -0.25) is 9.21 Å². The lowest BCUT2D eigenvalue weighted by molar-refractivity contribution is 0.0323. The zero-order valence-electron chi connectivity index (χ0n) is 17.3. The number of anilines is 1. The summed E-state index contributed by atoms with van der Waals surface area (Å²) in [7, 11) is -1.77. The van der Waals surface area contributed by atoms with Gasteiger partial charge in [-0.1, -0.05) is 13.8 Å². The normalized spacial score (nSPS) is 21.4. The third-order valence-corrected chi connectivity index (χ3v) is 7.01. The average Bonchev–Trinajstić information content (AvgIpc) is 2.86. The fourth-order valence-corrected chi connectivity index (χ4v) is 4.59. The van der Waals surface area contributed by atoms with Crippen molar-refractivity contribution in [2.45, 2.75) is 45.8 Å². The minimum Gasteiger partial charge on any atom is -0.491 e. The van der Waals surface area contributed by atoms with Crippen LogP contribution in [0, 0.1) is 11.8 Å². The van der Waals surface area contributed by atoms with E-state index >= 15 is 0 Å². The number of benzene rings is 1. The van der Waals surface area contributed by atoms with Crippen molar-refractivity contribution in [1.82, 2.24) is 4.90 Å². The van der Waals surface area contributed by atoms with Gasteiger partial charge in [-0.2, -0.15) is 0 Å². The molecule has 2 rings (SSSR count). The Balaban J connectivity index is 1.88. The highest BCUT2D eigenvalue weighted by atomic mass is 32.2. The number of hydrogen-bond donors (Lipinski definition) is 1. The van der Waals surface area contributed by atoms with Gasteiger partial charge in [0, 0.05) is 19.1 Å². The molecule has 6 nitrogen and oxygen atoms in total. The fourth-order valence-electron chi connectivity index (χ4n) is 4.09. The van der Waals surface area contributed by atoms with Gasteiger partial charge in [0.25, 0.3) is 0 Å². The van der Waals surface area contributed by atoms with Gasteiger partial charge < -0.3 is 9.84 Å². The van der Waals surface area contributed by atoms with E-state index in [2.05, 4.69) is 32.6 Å². The molecule has 2 atom stereocenters. The van der Waals surface area contributed by atoms with Crippen molar-refractivity contribution in [3.63, 3.8) is 0 Å². The van der Waals surface area contributed by atoms with Crippen LogP contribution in [0.2, 0.25) is 0 Å². The Labute approximate surface area is 164 Å². The molecular formula is C20H34N2O4S. The van der Waals surface area contributed by atoms with Crippen molar-refractivity contribution in [3.8, 4) is 5.75 Å². The van der Waals surface area contributed by atoms with Crippen LogP contribution in [0.3, 0.4) is 0 Å². The summed E-state index contributed by atoms with van der Waals surface area (Å²) in [6.07, 6.45) is 1.75. The standard InChI is InChI=1S/C20H34N2O4S/c1-15(2)19-11-12-22(20(19,3)4)13-17(23)14-26-18-9-7-16(8-10-18)21(5)27(6,24)25/h7-10,15,17,19,23H,11-14H2,1-6H3. The van der Waals surface area contributed by atoms with E-state index in [0.717, 1.165) is 19.2 Å². The zero-order valence-corrected chi connectivity index (χ0v) is 18.2. The number of sulfonamides is 1. The molecule has 1 saturated heterocycles. The molecule has 0 aromatic heterocycles. The van der Waals surface area contributed by atoms with E-state index in [4.69, 9.17) is 4.74 Å². The molecule has 0 amide bonds. The average molecular weight is 399 g/mol. The first-order valence-corrected chi connectivity index (χ1v) is 11.4. The molecule has 1 aliphatic rings. The van der Waals surface area contributed by atoms with Gasteiger partial charge in [0.05, 0.1) is 11.9 Å². The minimum absolute atomic E-state index is 0.0764. The van der Waals surface area contributed by atoms with E-state index in [9.17, 15) is 13.5 Å². The van der Waals surface area contributed by atoms with Gasteiger partial charge in [0.1, 0.15) is 18.5 Å². The van der Waals surface area contributed by atoms with Crippen molar-refractivity contribution >= 4 is 15.7 Å². The van der Waals surface area contributed by atoms with Gasteiger partial charge >= 0.3 is 0 Å². The molecule has 2 unspecified atom stereocenters. The summed E-state index contributed by atoms with van der Waals surface area (Å²) in [6.45, 7) is 10.8. The second kappa shape index (κ2) is 8.37. The first-order chi connectivity index (χ1) is 12.4. The van der Waals surface area contributed by atoms with Crippen molar-refractivity contribution in [3.05, 3.63) is 24.3 Å². The Morgan fingerprint density at radius 3 is 2.37 bits per heavy atom. The molecule has 1 aromatic rings. The monoisotopic (exact) mass is 398 g/mol. The Morgan fingerprint density at radius 2 is 1.89 bits per heavy atom. The van der Waals surface area contributed by atoms with E-state index in [1.165, 1.54) is 11.4 Å². The number of nitrogens with zero attached hydrogens (tertiary/aromatic N) is 2. The number of ether oxygens (including phenoxy) is 1. The van der Waals surface area contributed by atoms with Gasteiger partial charge in [0.15, 0.2) is 0 Å². The van der Waals surface area contributed by atoms with Crippen LogP contribution in [0.15, 0.2) is 24.3 Å². The highest BCUT2D eigenvalue weighted by molar-refractivity contribution is 7.92. The predicted octanol–water partition coefficient (Wildman–Crippen LogP) is 2.58. The summed E-state index contributed by atoms with van der Waals surface area (Å²) in [5.41, 5.74) is 0.650. The van der Waals surface area contributed by atoms with Crippen molar-refractivity contribution in [2.75, 3.05) is 37.3 Å². The Hall–Kier alpha value is -1.31. The number of aliphatic hydroxyl groups excluding tert-OH is 1. The lowest BCUT2D eigenvalue weighted by Gasteiger charge is -2.38. The van der Waals surface area contributed by atoms with Gasteiger partial charge in [-0.15, -0.1) is 0 Å². The third kappa shape index (κ3) is 5.36. The zero-order chi connectivity index (χ0) is 20.4. The number of likely N-dealkylation sites (tertiary alicyclic amines) is 1. The maximum atomic E-state index is 11.6. The van der Waals surface area contributed by atoms with Crippen LogP contribution in [-0.2, 0) is 10.0 Å². The molecule has 1 N–H and O–H groups in total. The minimum atomic E-state index is -3.28. The predicted molar refractivity (Wildman–Crippen MR) is 110 cm³/mol. The summed E-state index contributed by atoms with van der Waals surface area (Å²) in [4.78, 5) is 2.36. The Morgan fingerprint density at radius 1 is 1.30 bits per heavy atom. The highest BCUT2D eigenvalue weighted by Gasteiger charge is 2.42. The molecular weight excluding hydrogens is 364 g/mol. The molecule has 7 heteroatoms. The van der Waals surface area contributed by atoms with E-state index in [1.807, 2.05) is 0 Å². The molecule has 154 valence electrons. The van der Waals surface area contributed by atoms with Crippen LogP contribution < -0.4 is 9.04 Å². The Kier molecular flexibility index (Phi) is 6.81. The van der Waals surface area contributed by atoms with E-state index in [1.54, 1.807) is 24.3 Å². The molecule has 0 spiro atoms. The molecule has 27 heavy (non-hydrogen) atoms. The van der Waals surface area contributed by atoms with E-state index in [-0.39, 0.29) is 12.1 Å². The molecule has 1 heterocycles. The lowest BCUT2D eigenvalue weighted by Crippen LogP contribution is -2.48. The molecule has 0 saturated carbocycles. The summed E-state index contributed by atoms with van der Waals surface area (Å²) < 4.78 is 30.1. The molecule has 0 radical (unpaired) electrons. The summed E-state index contributed by atoms with van der Waals surface area (Å²) in [6, 6.07) is 6.83. The maximum Gasteiger partial charge on any atom is 0.231 e. The number of β-amino-alcohol motifs (C(OH)–C–C–N with tert-alkyl or cyclic N) is 1. The van der Waals surface area contributed by atoms with Crippen LogP contribution in [-0.4, -0.2) is 63.1 Å². The second-order valence-corrected chi connectivity index (χ2v) is 10.4. The first kappa shape index (κ1) is 22.0. The van der Waals surface area contributed by atoms with Gasteiger partial charge in [0.2, 0.25) is 10.0 Å². The van der Waals surface area contributed by atoms with Crippen LogP contribution >= 0.6 is 0 Å². The largest absolute Gasteiger partial charge is 0.491 e. The summed E-state index contributed by atoms with van der Waals surface area (Å²) in [5.74, 6) is 1.87. The van der Waals surface area contributed by atoms with Crippen molar-refractivity contribution in [1.29, 1.82) is 0 Å². The number of rotatable bonds is 8. The van der Waals surface area contributed by atoms with Crippen LogP contribution in [0.4, 0.5) is 5.69 Å². The van der Waals surface area contributed by atoms with Gasteiger partial charge in [-0.05, 0) is 62.9 Å². The van der Waals surface area contributed by atoms with Crippen molar-refractivity contribution < 1.29 is 18.3 Å². The Bertz CT molecular complexity index is 716. The lowest BCUT2D eigenvalue weighted by atomic mass is 9.80. The number of hydrogen-bond acceptors (Lipinski definition) is 5. The second-order valence-electron chi connectivity index (χ2n) is 8.43. The maximum absolute atomic E-state index is 11.6. The van der Waals surface area contributed by atoms with Crippen LogP contribution in [0.5, 0.6) is 5.75 Å². The van der Waals surface area contributed by atoms with Crippen LogP contribution in [0.1, 0.15) is 34.1 Å². The first-order valence-electron chi connectivity index (χ1n) is 9.52. The molecule has 1 aliphatic heterocycles. The van der Waals surface area contributed by atoms with Gasteiger partial charge in [-0.25, -0.2) is 8.42 Å². The van der Waals surface area contributed by atoms with Crippen molar-refractivity contribution in [2.24, 2.45) is 11.8 Å². The fraction of sp³-hybridized carbons (Fsp3) is 0.700. The SMILES string of the molecule is CC(C)C1CCN(CC(O)COc2ccc(N(C)S(C)(=O)=O)cc2)C1(C)C. The van der Waals surface area contributed by atoms with E-state index in [0.29, 0.717) is 29.8 Å². The molecule has 0 aliphatic carbocycles. The molecule has 0 bridgehead atoms. The quantitative estimate of drug-likeness (QED) is 0.729.